The van der Waals surface area contributed by atoms with Gasteiger partial charge >= 0.3 is 5.97 Å². The molecule has 94 valence electrons. The summed E-state index contributed by atoms with van der Waals surface area (Å²) in [6, 6.07) is 5.16. The van der Waals surface area contributed by atoms with Crippen LogP contribution in [0.4, 0.5) is 11.4 Å². The highest BCUT2D eigenvalue weighted by molar-refractivity contribution is 5.96. The zero-order valence-electron chi connectivity index (χ0n) is 10.5. The Morgan fingerprint density at radius 3 is 2.76 bits per heavy atom. The van der Waals surface area contributed by atoms with Crippen molar-refractivity contribution < 1.29 is 9.53 Å². The van der Waals surface area contributed by atoms with Crippen LogP contribution in [0.3, 0.4) is 0 Å². The monoisotopic (exact) mass is 237 g/mol. The Hall–Kier alpha value is -1.75. The maximum Gasteiger partial charge on any atom is 0.340 e. The number of nitrogens with zero attached hydrogens (tertiary/aromatic N) is 1. The summed E-state index contributed by atoms with van der Waals surface area (Å²) in [5, 5.41) is 3.19. The van der Waals surface area contributed by atoms with Crippen LogP contribution >= 0.6 is 0 Å². The number of nitrogens with two attached hydrogens (primary N) is 1. The van der Waals surface area contributed by atoms with E-state index in [1.807, 2.05) is 14.1 Å². The quantitative estimate of drug-likeness (QED) is 0.591. The van der Waals surface area contributed by atoms with Crippen LogP contribution in [-0.4, -0.2) is 45.2 Å². The van der Waals surface area contributed by atoms with E-state index in [-0.39, 0.29) is 5.97 Å². The number of carbonyl (C=O) groups excluding carboxylic acids is 1. The fourth-order valence-electron chi connectivity index (χ4n) is 1.41. The first-order chi connectivity index (χ1) is 8.04. The SMILES string of the molecule is COC(=O)c1cc(N)ccc1NCCN(C)C. The average molecular weight is 237 g/mol. The first-order valence-electron chi connectivity index (χ1n) is 5.41. The summed E-state index contributed by atoms with van der Waals surface area (Å²) < 4.78 is 4.71. The van der Waals surface area contributed by atoms with E-state index in [2.05, 4.69) is 10.2 Å². The van der Waals surface area contributed by atoms with E-state index in [4.69, 9.17) is 10.5 Å². The fourth-order valence-corrected chi connectivity index (χ4v) is 1.41. The lowest BCUT2D eigenvalue weighted by Gasteiger charge is -2.14. The van der Waals surface area contributed by atoms with Crippen molar-refractivity contribution in [2.45, 2.75) is 0 Å². The van der Waals surface area contributed by atoms with Crippen LogP contribution in [0.2, 0.25) is 0 Å². The van der Waals surface area contributed by atoms with Gasteiger partial charge in [0.05, 0.1) is 12.7 Å². The van der Waals surface area contributed by atoms with E-state index >= 15 is 0 Å². The molecule has 5 nitrogen and oxygen atoms in total. The zero-order chi connectivity index (χ0) is 12.8. The molecular weight excluding hydrogens is 218 g/mol. The number of hydrogen-bond acceptors (Lipinski definition) is 5. The van der Waals surface area contributed by atoms with Crippen molar-refractivity contribution in [2.24, 2.45) is 0 Å². The van der Waals surface area contributed by atoms with Gasteiger partial charge in [-0.05, 0) is 32.3 Å². The molecule has 1 aromatic carbocycles. The number of carbonyl (C=O) groups is 1. The minimum absolute atomic E-state index is 0.385. The summed E-state index contributed by atoms with van der Waals surface area (Å²) in [5.41, 5.74) is 7.41. The average Bonchev–Trinajstić information content (AvgIpc) is 2.29. The molecule has 0 aromatic heterocycles. The Morgan fingerprint density at radius 1 is 1.47 bits per heavy atom. The van der Waals surface area contributed by atoms with Gasteiger partial charge in [0.1, 0.15) is 0 Å². The number of anilines is 2. The molecular formula is C12H19N3O2. The topological polar surface area (TPSA) is 67.6 Å². The maximum atomic E-state index is 11.6. The molecule has 1 rings (SSSR count). The number of nitrogen functional groups attached to an aromatic ring is 1. The number of esters is 1. The van der Waals surface area contributed by atoms with E-state index in [9.17, 15) is 4.79 Å². The van der Waals surface area contributed by atoms with E-state index in [1.165, 1.54) is 7.11 Å². The lowest BCUT2D eigenvalue weighted by molar-refractivity contribution is 0.0602. The number of likely N-dealkylation sites (N-methyl/N-ethyl adjacent to an activating group) is 1. The van der Waals surface area contributed by atoms with Crippen molar-refractivity contribution in [3.05, 3.63) is 23.8 Å². The zero-order valence-corrected chi connectivity index (χ0v) is 10.5. The number of hydrogen-bond donors (Lipinski definition) is 2. The summed E-state index contributed by atoms with van der Waals surface area (Å²) in [6.07, 6.45) is 0. The van der Waals surface area contributed by atoms with E-state index in [1.54, 1.807) is 18.2 Å². The Bertz CT molecular complexity index is 391. The number of rotatable bonds is 5. The second-order valence-corrected chi connectivity index (χ2v) is 4.03. The number of nitrogens with one attached hydrogen (secondary N) is 1. The highest BCUT2D eigenvalue weighted by Gasteiger charge is 2.11. The number of benzene rings is 1. The standard InChI is InChI=1S/C12H19N3O2/c1-15(2)7-6-14-11-5-4-9(13)8-10(11)12(16)17-3/h4-5,8,14H,6-7,13H2,1-3H3. The molecule has 0 amide bonds. The van der Waals surface area contributed by atoms with Gasteiger partial charge in [-0.15, -0.1) is 0 Å². The van der Waals surface area contributed by atoms with Crippen LogP contribution in [0.25, 0.3) is 0 Å². The Balaban J connectivity index is 2.79. The van der Waals surface area contributed by atoms with E-state index in [0.717, 1.165) is 18.8 Å². The summed E-state index contributed by atoms with van der Waals surface area (Å²) in [5.74, 6) is -0.385. The Morgan fingerprint density at radius 2 is 2.18 bits per heavy atom. The molecule has 0 aliphatic rings. The predicted molar refractivity (Wildman–Crippen MR) is 69.2 cm³/mol. The molecule has 17 heavy (non-hydrogen) atoms. The van der Waals surface area contributed by atoms with Crippen LogP contribution in [0.1, 0.15) is 10.4 Å². The largest absolute Gasteiger partial charge is 0.465 e. The van der Waals surface area contributed by atoms with Crippen molar-refractivity contribution in [3.8, 4) is 0 Å². The summed E-state index contributed by atoms with van der Waals surface area (Å²) in [6.45, 7) is 1.63. The van der Waals surface area contributed by atoms with Gasteiger partial charge in [-0.25, -0.2) is 4.79 Å². The van der Waals surface area contributed by atoms with Gasteiger partial charge in [0.15, 0.2) is 0 Å². The third kappa shape index (κ3) is 3.96. The fraction of sp³-hybridized carbons (Fsp3) is 0.417. The number of methoxy groups -OCH3 is 1. The molecule has 1 aromatic rings. The molecule has 0 fully saturated rings. The smallest absolute Gasteiger partial charge is 0.340 e. The van der Waals surface area contributed by atoms with Crippen molar-refractivity contribution in [1.29, 1.82) is 0 Å². The van der Waals surface area contributed by atoms with Crippen LogP contribution in [0, 0.1) is 0 Å². The molecule has 3 N–H and O–H groups in total. The molecule has 0 spiro atoms. The second kappa shape index (κ2) is 6.10. The molecule has 0 unspecified atom stereocenters. The first-order valence-corrected chi connectivity index (χ1v) is 5.41. The molecule has 0 aliphatic carbocycles. The molecule has 0 saturated carbocycles. The van der Waals surface area contributed by atoms with Crippen molar-refractivity contribution >= 4 is 17.3 Å². The highest BCUT2D eigenvalue weighted by atomic mass is 16.5. The number of ether oxygens (including phenoxy) is 1. The third-order valence-electron chi connectivity index (χ3n) is 2.32. The van der Waals surface area contributed by atoms with Crippen molar-refractivity contribution in [2.75, 3.05) is 45.3 Å². The van der Waals surface area contributed by atoms with Gasteiger partial charge in [-0.2, -0.15) is 0 Å². The summed E-state index contributed by atoms with van der Waals surface area (Å²) >= 11 is 0. The lowest BCUT2D eigenvalue weighted by Crippen LogP contribution is -2.21. The first kappa shape index (κ1) is 13.3. The van der Waals surface area contributed by atoms with Crippen LogP contribution in [0.5, 0.6) is 0 Å². The minimum Gasteiger partial charge on any atom is -0.465 e. The molecule has 5 heteroatoms. The van der Waals surface area contributed by atoms with Crippen LogP contribution in [-0.2, 0) is 4.74 Å². The van der Waals surface area contributed by atoms with Gasteiger partial charge < -0.3 is 20.7 Å². The molecule has 0 bridgehead atoms. The minimum atomic E-state index is -0.385. The molecule has 0 atom stereocenters. The maximum absolute atomic E-state index is 11.6. The van der Waals surface area contributed by atoms with Crippen molar-refractivity contribution in [3.63, 3.8) is 0 Å². The van der Waals surface area contributed by atoms with Crippen LogP contribution in [0.15, 0.2) is 18.2 Å². The lowest BCUT2D eigenvalue weighted by atomic mass is 10.1. The predicted octanol–water partition coefficient (Wildman–Crippen LogP) is 1.03. The van der Waals surface area contributed by atoms with E-state index in [0.29, 0.717) is 11.3 Å². The summed E-state index contributed by atoms with van der Waals surface area (Å²) in [4.78, 5) is 13.6. The second-order valence-electron chi connectivity index (χ2n) is 4.03. The van der Waals surface area contributed by atoms with Gasteiger partial charge in [0.2, 0.25) is 0 Å². The van der Waals surface area contributed by atoms with E-state index < -0.39 is 0 Å². The van der Waals surface area contributed by atoms with Gasteiger partial charge in [0, 0.05) is 24.5 Å². The summed E-state index contributed by atoms with van der Waals surface area (Å²) in [7, 11) is 5.34. The Labute approximate surface area is 102 Å². The third-order valence-corrected chi connectivity index (χ3v) is 2.32. The molecule has 0 radical (unpaired) electrons. The molecule has 0 saturated heterocycles. The van der Waals surface area contributed by atoms with Gasteiger partial charge in [-0.3, -0.25) is 0 Å². The molecule has 0 heterocycles. The van der Waals surface area contributed by atoms with Gasteiger partial charge in [-0.1, -0.05) is 0 Å². The normalized spacial score (nSPS) is 10.4. The highest BCUT2D eigenvalue weighted by Crippen LogP contribution is 2.19. The Kier molecular flexibility index (Phi) is 4.78. The van der Waals surface area contributed by atoms with Crippen LogP contribution < -0.4 is 11.1 Å². The van der Waals surface area contributed by atoms with Crippen molar-refractivity contribution in [1.82, 2.24) is 4.90 Å². The molecule has 0 aliphatic heterocycles. The van der Waals surface area contributed by atoms with Gasteiger partial charge in [0.25, 0.3) is 0 Å².